The molecule has 84 valence electrons. The number of hydrogen-bond acceptors (Lipinski definition) is 2. The number of rotatable bonds is 3. The van der Waals surface area contributed by atoms with E-state index in [9.17, 15) is 4.79 Å². The third-order valence-electron chi connectivity index (χ3n) is 3.05. The molecule has 0 spiro atoms. The fraction of sp³-hybridized carbons (Fsp3) is 0.357. The lowest BCUT2D eigenvalue weighted by Crippen LogP contribution is -2.23. The van der Waals surface area contributed by atoms with Crippen LogP contribution in [0.2, 0.25) is 0 Å². The van der Waals surface area contributed by atoms with Gasteiger partial charge in [-0.1, -0.05) is 36.4 Å². The molecular formula is C14H17NO. The molecule has 1 unspecified atom stereocenters. The van der Waals surface area contributed by atoms with Crippen molar-refractivity contribution in [3.05, 3.63) is 47.5 Å². The molecule has 16 heavy (non-hydrogen) atoms. The van der Waals surface area contributed by atoms with Crippen molar-refractivity contribution < 1.29 is 4.79 Å². The van der Waals surface area contributed by atoms with E-state index in [2.05, 4.69) is 6.08 Å². The molecule has 0 fully saturated rings. The predicted octanol–water partition coefficient (Wildman–Crippen LogP) is 2.76. The molecule has 0 heterocycles. The lowest BCUT2D eigenvalue weighted by atomic mass is 9.91. The van der Waals surface area contributed by atoms with Crippen molar-refractivity contribution in [3.63, 3.8) is 0 Å². The van der Waals surface area contributed by atoms with Gasteiger partial charge in [-0.3, -0.25) is 4.79 Å². The zero-order valence-corrected chi connectivity index (χ0v) is 9.36. The van der Waals surface area contributed by atoms with Crippen LogP contribution in [0.15, 0.2) is 42.0 Å². The Morgan fingerprint density at radius 1 is 1.19 bits per heavy atom. The number of carbonyl (C=O) groups excluding carboxylic acids is 1. The van der Waals surface area contributed by atoms with Crippen LogP contribution in [0.4, 0.5) is 0 Å². The minimum absolute atomic E-state index is 0.0888. The number of Topliss-reactive ketones (excluding diaryl/α,β-unsaturated/α-hetero) is 1. The van der Waals surface area contributed by atoms with Crippen molar-refractivity contribution in [3.8, 4) is 0 Å². The van der Waals surface area contributed by atoms with E-state index in [1.54, 1.807) is 0 Å². The second-order valence-corrected chi connectivity index (χ2v) is 4.23. The van der Waals surface area contributed by atoms with Crippen molar-refractivity contribution in [1.82, 2.24) is 0 Å². The zero-order valence-electron chi connectivity index (χ0n) is 9.36. The van der Waals surface area contributed by atoms with Crippen LogP contribution in [-0.4, -0.2) is 5.78 Å². The van der Waals surface area contributed by atoms with Gasteiger partial charge in [-0.15, -0.1) is 0 Å². The summed E-state index contributed by atoms with van der Waals surface area (Å²) in [4.78, 5) is 12.1. The first kappa shape index (κ1) is 11.1. The fourth-order valence-corrected chi connectivity index (χ4v) is 2.07. The number of hydrogen-bond donors (Lipinski definition) is 1. The molecular weight excluding hydrogens is 198 g/mol. The first-order valence-electron chi connectivity index (χ1n) is 5.83. The van der Waals surface area contributed by atoms with Crippen LogP contribution in [0, 0.1) is 0 Å². The number of ketones is 1. The highest BCUT2D eigenvalue weighted by atomic mass is 16.1. The molecule has 0 saturated heterocycles. The highest BCUT2D eigenvalue weighted by molar-refractivity contribution is 5.99. The topological polar surface area (TPSA) is 43.1 Å². The Hall–Kier alpha value is -1.41. The van der Waals surface area contributed by atoms with Gasteiger partial charge in [0.2, 0.25) is 0 Å². The molecule has 0 radical (unpaired) electrons. The van der Waals surface area contributed by atoms with Gasteiger partial charge in [-0.2, -0.15) is 0 Å². The summed E-state index contributed by atoms with van der Waals surface area (Å²) in [5.41, 5.74) is 7.80. The van der Waals surface area contributed by atoms with E-state index < -0.39 is 6.04 Å². The van der Waals surface area contributed by atoms with Crippen LogP contribution in [0.25, 0.3) is 0 Å². The Bertz CT molecular complexity index is 394. The summed E-state index contributed by atoms with van der Waals surface area (Å²) in [6.07, 6.45) is 6.26. The van der Waals surface area contributed by atoms with Crippen LogP contribution in [-0.2, 0) is 4.79 Å². The molecule has 0 amide bonds. The van der Waals surface area contributed by atoms with Crippen LogP contribution in [0.5, 0.6) is 0 Å². The third kappa shape index (κ3) is 2.39. The van der Waals surface area contributed by atoms with Gasteiger partial charge in [0.25, 0.3) is 0 Å². The molecule has 0 aliphatic heterocycles. The van der Waals surface area contributed by atoms with E-state index in [4.69, 9.17) is 5.73 Å². The SMILES string of the molecule is NC(C(=O)C1=CCCCC1)c1ccccc1. The van der Waals surface area contributed by atoms with Gasteiger partial charge in [0.15, 0.2) is 5.78 Å². The molecule has 1 aliphatic rings. The summed E-state index contributed by atoms with van der Waals surface area (Å²) in [6, 6.07) is 9.08. The minimum Gasteiger partial charge on any atom is -0.318 e. The molecule has 0 bridgehead atoms. The average molecular weight is 215 g/mol. The number of benzene rings is 1. The van der Waals surface area contributed by atoms with E-state index >= 15 is 0 Å². The minimum atomic E-state index is -0.495. The van der Waals surface area contributed by atoms with E-state index in [1.807, 2.05) is 30.3 Å². The standard InChI is InChI=1S/C14H17NO/c15-13(11-7-3-1-4-8-11)14(16)12-9-5-2-6-10-12/h1,3-4,7-9,13H,2,5-6,10,15H2. The fourth-order valence-electron chi connectivity index (χ4n) is 2.07. The van der Waals surface area contributed by atoms with E-state index in [0.29, 0.717) is 0 Å². The second kappa shape index (κ2) is 5.08. The van der Waals surface area contributed by atoms with E-state index in [-0.39, 0.29) is 5.78 Å². The maximum absolute atomic E-state index is 12.1. The number of allylic oxidation sites excluding steroid dienone is 1. The van der Waals surface area contributed by atoms with Crippen LogP contribution in [0.1, 0.15) is 37.3 Å². The van der Waals surface area contributed by atoms with E-state index in [0.717, 1.165) is 30.4 Å². The Balaban J connectivity index is 2.13. The number of carbonyl (C=O) groups is 1. The van der Waals surface area contributed by atoms with Gasteiger partial charge in [0.05, 0.1) is 6.04 Å². The monoisotopic (exact) mass is 215 g/mol. The van der Waals surface area contributed by atoms with Crippen molar-refractivity contribution >= 4 is 5.78 Å². The van der Waals surface area contributed by atoms with Crippen molar-refractivity contribution in [2.75, 3.05) is 0 Å². The molecule has 0 saturated carbocycles. The summed E-state index contributed by atoms with van der Waals surface area (Å²) >= 11 is 0. The van der Waals surface area contributed by atoms with Gasteiger partial charge in [-0.05, 0) is 36.8 Å². The molecule has 2 nitrogen and oxygen atoms in total. The first-order valence-corrected chi connectivity index (χ1v) is 5.83. The van der Waals surface area contributed by atoms with Crippen molar-refractivity contribution in [1.29, 1.82) is 0 Å². The Labute approximate surface area is 96.2 Å². The van der Waals surface area contributed by atoms with E-state index in [1.165, 1.54) is 6.42 Å². The Morgan fingerprint density at radius 3 is 2.56 bits per heavy atom. The predicted molar refractivity (Wildman–Crippen MR) is 64.9 cm³/mol. The molecule has 1 aliphatic carbocycles. The maximum Gasteiger partial charge on any atom is 0.179 e. The average Bonchev–Trinajstić information content (AvgIpc) is 2.39. The van der Waals surface area contributed by atoms with Gasteiger partial charge < -0.3 is 5.73 Å². The Kier molecular flexibility index (Phi) is 3.52. The second-order valence-electron chi connectivity index (χ2n) is 4.23. The van der Waals surface area contributed by atoms with Crippen LogP contribution >= 0.6 is 0 Å². The highest BCUT2D eigenvalue weighted by Gasteiger charge is 2.20. The molecule has 2 rings (SSSR count). The third-order valence-corrected chi connectivity index (χ3v) is 3.05. The molecule has 1 atom stereocenters. The zero-order chi connectivity index (χ0) is 11.4. The molecule has 0 aromatic heterocycles. The Morgan fingerprint density at radius 2 is 1.94 bits per heavy atom. The summed E-state index contributed by atoms with van der Waals surface area (Å²) in [5, 5.41) is 0. The van der Waals surface area contributed by atoms with Crippen molar-refractivity contribution in [2.24, 2.45) is 5.73 Å². The molecule has 1 aromatic rings. The van der Waals surface area contributed by atoms with Gasteiger partial charge in [-0.25, -0.2) is 0 Å². The summed E-state index contributed by atoms with van der Waals surface area (Å²) in [6.45, 7) is 0. The lowest BCUT2D eigenvalue weighted by molar-refractivity contribution is -0.117. The quantitative estimate of drug-likeness (QED) is 0.842. The summed E-state index contributed by atoms with van der Waals surface area (Å²) in [7, 11) is 0. The van der Waals surface area contributed by atoms with Gasteiger partial charge in [0.1, 0.15) is 0 Å². The smallest absolute Gasteiger partial charge is 0.179 e. The normalized spacial score (nSPS) is 17.7. The largest absolute Gasteiger partial charge is 0.318 e. The lowest BCUT2D eigenvalue weighted by Gasteiger charge is -2.16. The van der Waals surface area contributed by atoms with Gasteiger partial charge in [0, 0.05) is 0 Å². The van der Waals surface area contributed by atoms with Crippen molar-refractivity contribution in [2.45, 2.75) is 31.7 Å². The number of nitrogens with two attached hydrogens (primary N) is 1. The first-order chi connectivity index (χ1) is 7.79. The summed E-state index contributed by atoms with van der Waals surface area (Å²) in [5.74, 6) is 0.0888. The van der Waals surface area contributed by atoms with Gasteiger partial charge >= 0.3 is 0 Å². The van der Waals surface area contributed by atoms with Crippen LogP contribution in [0.3, 0.4) is 0 Å². The highest BCUT2D eigenvalue weighted by Crippen LogP contribution is 2.23. The summed E-state index contributed by atoms with van der Waals surface area (Å²) < 4.78 is 0. The molecule has 1 aromatic carbocycles. The molecule has 2 N–H and O–H groups in total. The van der Waals surface area contributed by atoms with Crippen LogP contribution < -0.4 is 5.73 Å². The maximum atomic E-state index is 12.1. The molecule has 2 heteroatoms.